The van der Waals surface area contributed by atoms with Gasteiger partial charge in [-0.15, -0.1) is 0 Å². The third kappa shape index (κ3) is 5.30. The van der Waals surface area contributed by atoms with Crippen LogP contribution in [-0.4, -0.2) is 45.8 Å². The van der Waals surface area contributed by atoms with Crippen LogP contribution in [0, 0.1) is 0 Å². The van der Waals surface area contributed by atoms with Gasteiger partial charge >= 0.3 is 11.8 Å². The van der Waals surface area contributed by atoms with E-state index in [0.717, 1.165) is 35.5 Å². The molecule has 1 saturated heterocycles. The summed E-state index contributed by atoms with van der Waals surface area (Å²) in [6.07, 6.45) is 1.54. The quantitative estimate of drug-likeness (QED) is 0.681. The van der Waals surface area contributed by atoms with E-state index in [0.29, 0.717) is 19.8 Å². The molecule has 2 amide bonds. The van der Waals surface area contributed by atoms with Gasteiger partial charge < -0.3 is 24.8 Å². The van der Waals surface area contributed by atoms with E-state index in [4.69, 9.17) is 14.2 Å². The Kier molecular flexibility index (Phi) is 7.30. The van der Waals surface area contributed by atoms with Gasteiger partial charge in [0, 0.05) is 31.7 Å². The number of benzene rings is 2. The highest BCUT2D eigenvalue weighted by Crippen LogP contribution is 2.35. The first-order chi connectivity index (χ1) is 14.6. The first kappa shape index (κ1) is 21.6. The second-order valence-corrected chi connectivity index (χ2v) is 7.33. The van der Waals surface area contributed by atoms with Crippen molar-refractivity contribution in [2.45, 2.75) is 24.8 Å². The molecule has 0 spiro atoms. The highest BCUT2D eigenvalue weighted by atomic mass is 16.5. The molecule has 1 heterocycles. The van der Waals surface area contributed by atoms with Crippen molar-refractivity contribution in [2.75, 3.05) is 34.0 Å². The Labute approximate surface area is 176 Å². The normalized spacial score (nSPS) is 15.1. The van der Waals surface area contributed by atoms with E-state index < -0.39 is 11.8 Å². The maximum atomic E-state index is 12.4. The van der Waals surface area contributed by atoms with E-state index in [2.05, 4.69) is 10.6 Å². The molecular formula is C23H28N2O5. The topological polar surface area (TPSA) is 85.9 Å². The van der Waals surface area contributed by atoms with Crippen LogP contribution in [0.1, 0.15) is 24.0 Å². The van der Waals surface area contributed by atoms with Crippen molar-refractivity contribution in [2.24, 2.45) is 0 Å². The number of carbonyl (C=O) groups is 2. The zero-order chi connectivity index (χ0) is 21.4. The Morgan fingerprint density at radius 3 is 1.97 bits per heavy atom. The fraction of sp³-hybridized carbons (Fsp3) is 0.391. The lowest BCUT2D eigenvalue weighted by Gasteiger charge is -2.38. The molecule has 2 aromatic carbocycles. The third-order valence-electron chi connectivity index (χ3n) is 5.56. The van der Waals surface area contributed by atoms with E-state index in [-0.39, 0.29) is 12.0 Å². The third-order valence-corrected chi connectivity index (χ3v) is 5.56. The maximum absolute atomic E-state index is 12.4. The van der Waals surface area contributed by atoms with Crippen LogP contribution in [0.3, 0.4) is 0 Å². The number of hydrogen-bond donors (Lipinski definition) is 2. The van der Waals surface area contributed by atoms with Crippen molar-refractivity contribution in [1.29, 1.82) is 0 Å². The molecule has 0 radical (unpaired) electrons. The molecule has 0 saturated carbocycles. The van der Waals surface area contributed by atoms with Crippen LogP contribution in [0.2, 0.25) is 0 Å². The molecular weight excluding hydrogens is 384 g/mol. The van der Waals surface area contributed by atoms with Gasteiger partial charge in [-0.2, -0.15) is 0 Å². The van der Waals surface area contributed by atoms with E-state index in [1.165, 1.54) is 0 Å². The van der Waals surface area contributed by atoms with Gasteiger partial charge in [-0.1, -0.05) is 24.3 Å². The highest BCUT2D eigenvalue weighted by Gasteiger charge is 2.35. The summed E-state index contributed by atoms with van der Waals surface area (Å²) in [6.45, 7) is 1.88. The Morgan fingerprint density at radius 2 is 1.40 bits per heavy atom. The van der Waals surface area contributed by atoms with Crippen LogP contribution < -0.4 is 20.1 Å². The van der Waals surface area contributed by atoms with Crippen LogP contribution in [0.5, 0.6) is 11.5 Å². The first-order valence-corrected chi connectivity index (χ1v) is 9.97. The van der Waals surface area contributed by atoms with E-state index in [9.17, 15) is 9.59 Å². The van der Waals surface area contributed by atoms with Crippen molar-refractivity contribution in [3.8, 4) is 11.5 Å². The fourth-order valence-corrected chi connectivity index (χ4v) is 3.61. The molecule has 30 heavy (non-hydrogen) atoms. The highest BCUT2D eigenvalue weighted by molar-refractivity contribution is 6.35. The van der Waals surface area contributed by atoms with E-state index in [1.807, 2.05) is 48.5 Å². The molecule has 0 aromatic heterocycles. The second-order valence-electron chi connectivity index (χ2n) is 7.33. The molecule has 2 aromatic rings. The summed E-state index contributed by atoms with van der Waals surface area (Å²) in [5, 5.41) is 5.48. The van der Waals surface area contributed by atoms with Crippen LogP contribution in [-0.2, 0) is 26.3 Å². The lowest BCUT2D eigenvalue weighted by atomic mass is 9.74. The molecule has 1 aliphatic heterocycles. The molecule has 0 unspecified atom stereocenters. The average Bonchev–Trinajstić information content (AvgIpc) is 2.82. The molecule has 0 aliphatic carbocycles. The van der Waals surface area contributed by atoms with Gasteiger partial charge in [0.05, 0.1) is 14.2 Å². The van der Waals surface area contributed by atoms with Gasteiger partial charge in [-0.3, -0.25) is 9.59 Å². The number of amides is 2. The van der Waals surface area contributed by atoms with Crippen LogP contribution >= 0.6 is 0 Å². The molecule has 7 nitrogen and oxygen atoms in total. The lowest BCUT2D eigenvalue weighted by molar-refractivity contribution is -0.139. The minimum atomic E-state index is -0.650. The Bertz CT molecular complexity index is 843. The number of nitrogens with one attached hydrogen (secondary N) is 2. The van der Waals surface area contributed by atoms with Crippen molar-refractivity contribution >= 4 is 11.8 Å². The summed E-state index contributed by atoms with van der Waals surface area (Å²) in [4.78, 5) is 24.6. The molecule has 1 aliphatic rings. The van der Waals surface area contributed by atoms with Crippen LogP contribution in [0.4, 0.5) is 0 Å². The van der Waals surface area contributed by atoms with Gasteiger partial charge in [-0.05, 0) is 48.2 Å². The summed E-state index contributed by atoms with van der Waals surface area (Å²) in [7, 11) is 3.22. The van der Waals surface area contributed by atoms with Crippen molar-refractivity contribution in [1.82, 2.24) is 10.6 Å². The summed E-state index contributed by atoms with van der Waals surface area (Å²) < 4.78 is 15.9. The predicted octanol–water partition coefficient (Wildman–Crippen LogP) is 2.18. The number of ether oxygens (including phenoxy) is 3. The molecule has 2 N–H and O–H groups in total. The number of hydrogen-bond acceptors (Lipinski definition) is 5. The summed E-state index contributed by atoms with van der Waals surface area (Å²) in [5.74, 6) is 0.233. The maximum Gasteiger partial charge on any atom is 0.309 e. The molecule has 160 valence electrons. The standard InChI is InChI=1S/C23H28N2O5/c1-28-19-7-3-17(4-8-19)15-24-21(26)22(27)25-16-23(11-13-30-14-12-23)18-5-9-20(29-2)10-6-18/h3-10H,11-16H2,1-2H3,(H,24,26)(H,25,27). The molecule has 3 rings (SSSR count). The van der Waals surface area contributed by atoms with Gasteiger partial charge in [-0.25, -0.2) is 0 Å². The van der Waals surface area contributed by atoms with E-state index in [1.54, 1.807) is 14.2 Å². The molecule has 1 fully saturated rings. The summed E-state index contributed by atoms with van der Waals surface area (Å²) in [5.41, 5.74) is 1.72. The molecule has 0 atom stereocenters. The smallest absolute Gasteiger partial charge is 0.309 e. The van der Waals surface area contributed by atoms with E-state index >= 15 is 0 Å². The largest absolute Gasteiger partial charge is 0.497 e. The number of rotatable bonds is 7. The van der Waals surface area contributed by atoms with Gasteiger partial charge in [0.15, 0.2) is 0 Å². The summed E-state index contributed by atoms with van der Waals surface area (Å²) >= 11 is 0. The predicted molar refractivity (Wildman–Crippen MR) is 113 cm³/mol. The fourth-order valence-electron chi connectivity index (χ4n) is 3.61. The molecule has 7 heteroatoms. The number of carbonyl (C=O) groups excluding carboxylic acids is 2. The summed E-state index contributed by atoms with van der Waals surface area (Å²) in [6, 6.07) is 15.2. The SMILES string of the molecule is COc1ccc(CNC(=O)C(=O)NCC2(c3ccc(OC)cc3)CCOCC2)cc1. The Hall–Kier alpha value is -3.06. The zero-order valence-electron chi connectivity index (χ0n) is 17.4. The van der Waals surface area contributed by atoms with Gasteiger partial charge in [0.25, 0.3) is 0 Å². The second kappa shape index (κ2) is 10.1. The minimum absolute atomic E-state index is 0.267. The van der Waals surface area contributed by atoms with Crippen molar-refractivity contribution in [3.63, 3.8) is 0 Å². The molecule has 0 bridgehead atoms. The average molecular weight is 412 g/mol. The Balaban J connectivity index is 1.58. The Morgan fingerprint density at radius 1 is 0.867 bits per heavy atom. The lowest BCUT2D eigenvalue weighted by Crippen LogP contribution is -2.48. The van der Waals surface area contributed by atoms with Gasteiger partial charge in [0.1, 0.15) is 11.5 Å². The van der Waals surface area contributed by atoms with Gasteiger partial charge in [0.2, 0.25) is 0 Å². The minimum Gasteiger partial charge on any atom is -0.497 e. The van der Waals surface area contributed by atoms with Crippen molar-refractivity contribution in [3.05, 3.63) is 59.7 Å². The van der Waals surface area contributed by atoms with Crippen LogP contribution in [0.15, 0.2) is 48.5 Å². The monoisotopic (exact) mass is 412 g/mol. The van der Waals surface area contributed by atoms with Crippen molar-refractivity contribution < 1.29 is 23.8 Å². The number of methoxy groups -OCH3 is 2. The zero-order valence-corrected chi connectivity index (χ0v) is 17.4. The first-order valence-electron chi connectivity index (χ1n) is 9.97. The van der Waals surface area contributed by atoms with Crippen LogP contribution in [0.25, 0.3) is 0 Å².